The summed E-state index contributed by atoms with van der Waals surface area (Å²) < 4.78 is 0. The van der Waals surface area contributed by atoms with E-state index in [4.69, 9.17) is 0 Å². The van der Waals surface area contributed by atoms with E-state index in [1.807, 2.05) is 25.1 Å². The van der Waals surface area contributed by atoms with Gasteiger partial charge < -0.3 is 10.2 Å². The van der Waals surface area contributed by atoms with Crippen molar-refractivity contribution in [3.63, 3.8) is 0 Å². The van der Waals surface area contributed by atoms with Crippen LogP contribution < -0.4 is 0 Å². The summed E-state index contributed by atoms with van der Waals surface area (Å²) in [6.07, 6.45) is 0.532. The summed E-state index contributed by atoms with van der Waals surface area (Å²) in [4.78, 5) is 0. The molecule has 1 rings (SSSR count). The molecule has 0 unspecified atom stereocenters. The molecule has 0 aliphatic carbocycles. The van der Waals surface area contributed by atoms with Gasteiger partial charge in [-0.25, -0.2) is 0 Å². The number of thioether (sulfide) groups is 1. The van der Waals surface area contributed by atoms with Gasteiger partial charge in [-0.3, -0.25) is 0 Å². The van der Waals surface area contributed by atoms with E-state index in [1.54, 1.807) is 11.8 Å². The SMILES string of the molecule is CC(C)C[C@H](SCc1ccccc1)[C@@H](O)[C@@H](C)CO. The molecule has 2 N–H and O–H groups in total. The van der Waals surface area contributed by atoms with Crippen LogP contribution in [-0.4, -0.2) is 28.2 Å². The predicted molar refractivity (Wildman–Crippen MR) is 83.2 cm³/mol. The standard InChI is InChI=1S/C16H26O2S/c1-12(2)9-15(16(18)13(3)10-17)19-11-14-7-5-4-6-8-14/h4-8,12-13,15-18H,9-11H2,1-3H3/t13-,15-,16-/m0/s1. The van der Waals surface area contributed by atoms with Crippen LogP contribution in [0.4, 0.5) is 0 Å². The van der Waals surface area contributed by atoms with Gasteiger partial charge in [-0.15, -0.1) is 0 Å². The molecule has 0 aliphatic rings. The smallest absolute Gasteiger partial charge is 0.0706 e. The van der Waals surface area contributed by atoms with Crippen LogP contribution in [0.25, 0.3) is 0 Å². The molecule has 0 fully saturated rings. The van der Waals surface area contributed by atoms with Gasteiger partial charge in [-0.2, -0.15) is 11.8 Å². The van der Waals surface area contributed by atoms with Crippen molar-refractivity contribution >= 4 is 11.8 Å². The molecule has 19 heavy (non-hydrogen) atoms. The highest BCUT2D eigenvalue weighted by Gasteiger charge is 2.25. The van der Waals surface area contributed by atoms with Crippen LogP contribution in [0.15, 0.2) is 30.3 Å². The lowest BCUT2D eigenvalue weighted by Crippen LogP contribution is -2.33. The summed E-state index contributed by atoms with van der Waals surface area (Å²) in [5, 5.41) is 19.7. The maximum atomic E-state index is 10.3. The first-order chi connectivity index (χ1) is 9.04. The van der Waals surface area contributed by atoms with Gasteiger partial charge in [0, 0.05) is 23.5 Å². The summed E-state index contributed by atoms with van der Waals surface area (Å²) >= 11 is 1.79. The van der Waals surface area contributed by atoms with Crippen molar-refractivity contribution in [3.05, 3.63) is 35.9 Å². The van der Waals surface area contributed by atoms with Gasteiger partial charge in [0.2, 0.25) is 0 Å². The van der Waals surface area contributed by atoms with Crippen molar-refractivity contribution < 1.29 is 10.2 Å². The van der Waals surface area contributed by atoms with Crippen LogP contribution in [0.5, 0.6) is 0 Å². The van der Waals surface area contributed by atoms with Gasteiger partial charge in [0.05, 0.1) is 6.10 Å². The van der Waals surface area contributed by atoms with Crippen LogP contribution in [0, 0.1) is 11.8 Å². The number of rotatable bonds is 8. The number of hydrogen-bond acceptors (Lipinski definition) is 3. The number of aliphatic hydroxyl groups excluding tert-OH is 2. The lowest BCUT2D eigenvalue weighted by atomic mass is 9.97. The molecule has 0 spiro atoms. The van der Waals surface area contributed by atoms with E-state index in [9.17, 15) is 10.2 Å². The Balaban J connectivity index is 2.59. The minimum atomic E-state index is -0.443. The van der Waals surface area contributed by atoms with Gasteiger partial charge in [0.25, 0.3) is 0 Å². The first-order valence-electron chi connectivity index (χ1n) is 6.99. The number of aliphatic hydroxyl groups is 2. The van der Waals surface area contributed by atoms with Crippen LogP contribution >= 0.6 is 11.8 Å². The molecule has 0 bridgehead atoms. The number of benzene rings is 1. The largest absolute Gasteiger partial charge is 0.396 e. The second-order valence-electron chi connectivity index (χ2n) is 5.62. The van der Waals surface area contributed by atoms with E-state index in [2.05, 4.69) is 26.0 Å². The van der Waals surface area contributed by atoms with E-state index >= 15 is 0 Å². The minimum absolute atomic E-state index is 0.0433. The van der Waals surface area contributed by atoms with Crippen molar-refractivity contribution in [3.8, 4) is 0 Å². The highest BCUT2D eigenvalue weighted by molar-refractivity contribution is 7.99. The Morgan fingerprint density at radius 3 is 2.26 bits per heavy atom. The van der Waals surface area contributed by atoms with Crippen LogP contribution in [0.2, 0.25) is 0 Å². The predicted octanol–water partition coefficient (Wildman–Crippen LogP) is 3.32. The zero-order valence-corrected chi connectivity index (χ0v) is 12.9. The average Bonchev–Trinajstić information content (AvgIpc) is 2.42. The van der Waals surface area contributed by atoms with Gasteiger partial charge >= 0.3 is 0 Å². The van der Waals surface area contributed by atoms with Crippen LogP contribution in [0.3, 0.4) is 0 Å². The minimum Gasteiger partial charge on any atom is -0.396 e. The molecule has 0 saturated carbocycles. The maximum absolute atomic E-state index is 10.3. The van der Waals surface area contributed by atoms with E-state index in [0.717, 1.165) is 12.2 Å². The Morgan fingerprint density at radius 1 is 1.11 bits per heavy atom. The summed E-state index contributed by atoms with van der Waals surface area (Å²) in [5.41, 5.74) is 1.28. The average molecular weight is 282 g/mol. The summed E-state index contributed by atoms with van der Waals surface area (Å²) in [6.45, 7) is 6.29. The maximum Gasteiger partial charge on any atom is 0.0706 e. The molecule has 3 heteroatoms. The Hall–Kier alpha value is -0.510. The van der Waals surface area contributed by atoms with E-state index in [0.29, 0.717) is 5.92 Å². The molecule has 3 atom stereocenters. The number of hydrogen-bond donors (Lipinski definition) is 2. The topological polar surface area (TPSA) is 40.5 Å². The highest BCUT2D eigenvalue weighted by Crippen LogP contribution is 2.28. The van der Waals surface area contributed by atoms with Gasteiger partial charge in [0.1, 0.15) is 0 Å². The fraction of sp³-hybridized carbons (Fsp3) is 0.625. The van der Waals surface area contributed by atoms with E-state index in [-0.39, 0.29) is 17.8 Å². The fourth-order valence-corrected chi connectivity index (χ4v) is 3.61. The van der Waals surface area contributed by atoms with Gasteiger partial charge in [0.15, 0.2) is 0 Å². The van der Waals surface area contributed by atoms with Crippen molar-refractivity contribution in [1.82, 2.24) is 0 Å². The zero-order valence-electron chi connectivity index (χ0n) is 12.1. The molecule has 1 aromatic carbocycles. The van der Waals surface area contributed by atoms with Crippen molar-refractivity contribution in [1.29, 1.82) is 0 Å². The molecule has 0 amide bonds. The first-order valence-corrected chi connectivity index (χ1v) is 8.04. The van der Waals surface area contributed by atoms with Gasteiger partial charge in [-0.05, 0) is 17.9 Å². The van der Waals surface area contributed by atoms with Crippen molar-refractivity contribution in [2.24, 2.45) is 11.8 Å². The third-order valence-corrected chi connectivity index (χ3v) is 4.66. The third kappa shape index (κ3) is 5.98. The Morgan fingerprint density at radius 2 is 1.74 bits per heavy atom. The third-order valence-electron chi connectivity index (χ3n) is 3.26. The molecule has 0 heterocycles. The van der Waals surface area contributed by atoms with E-state index in [1.165, 1.54) is 5.56 Å². The zero-order chi connectivity index (χ0) is 14.3. The monoisotopic (exact) mass is 282 g/mol. The summed E-state index contributed by atoms with van der Waals surface area (Å²) in [7, 11) is 0. The summed E-state index contributed by atoms with van der Waals surface area (Å²) in [6, 6.07) is 10.3. The second-order valence-corrected chi connectivity index (χ2v) is 6.84. The molecule has 1 aromatic rings. The lowest BCUT2D eigenvalue weighted by Gasteiger charge is -2.27. The normalized spacial score (nSPS) is 16.3. The fourth-order valence-electron chi connectivity index (χ4n) is 2.02. The van der Waals surface area contributed by atoms with E-state index < -0.39 is 6.10 Å². The Labute approximate surface area is 121 Å². The highest BCUT2D eigenvalue weighted by atomic mass is 32.2. The molecule has 108 valence electrons. The molecule has 0 aliphatic heterocycles. The molecule has 0 aromatic heterocycles. The second kappa shape index (κ2) is 8.62. The molecule has 0 saturated heterocycles. The summed E-state index contributed by atoms with van der Waals surface area (Å²) in [5.74, 6) is 1.40. The van der Waals surface area contributed by atoms with Crippen LogP contribution in [0.1, 0.15) is 32.8 Å². The molecule has 0 radical (unpaired) electrons. The molecular formula is C16H26O2S. The Kier molecular flexibility index (Phi) is 7.51. The molecular weight excluding hydrogens is 256 g/mol. The van der Waals surface area contributed by atoms with Crippen LogP contribution in [-0.2, 0) is 5.75 Å². The van der Waals surface area contributed by atoms with Crippen molar-refractivity contribution in [2.45, 2.75) is 44.3 Å². The van der Waals surface area contributed by atoms with Crippen molar-refractivity contribution in [2.75, 3.05) is 6.61 Å². The first kappa shape index (κ1) is 16.5. The lowest BCUT2D eigenvalue weighted by molar-refractivity contribution is 0.0711. The molecule has 2 nitrogen and oxygen atoms in total. The van der Waals surface area contributed by atoms with Gasteiger partial charge in [-0.1, -0.05) is 51.1 Å². The Bertz CT molecular complexity index is 340. The quantitative estimate of drug-likeness (QED) is 0.768.